The molecule has 3 aromatic rings. The van der Waals surface area contributed by atoms with Crippen molar-refractivity contribution in [3.63, 3.8) is 0 Å². The number of anilines is 1. The van der Waals surface area contributed by atoms with Crippen LogP contribution < -0.4 is 24.8 Å². The number of carbonyl (C=O) groups excluding carboxylic acids is 3. The van der Waals surface area contributed by atoms with Gasteiger partial charge in [-0.1, -0.05) is 38.4 Å². The monoisotopic (exact) mass is 830 g/mol. The Kier molecular flexibility index (Phi) is 11.2. The molecule has 3 aliphatic rings. The second-order valence-corrected chi connectivity index (χ2v) is 20.3. The summed E-state index contributed by atoms with van der Waals surface area (Å²) >= 11 is 6.35. The Morgan fingerprint density at radius 1 is 1.07 bits per heavy atom. The van der Waals surface area contributed by atoms with Gasteiger partial charge in [0.2, 0.25) is 37.7 Å². The number of amides is 3. The number of imide groups is 1. The number of sulfonamides is 2. The zero-order valence-corrected chi connectivity index (χ0v) is 34.4. The number of fused-ring (bicyclic) bond motifs is 1. The SMILES string of the molecule is C=C[C@@H]1C[C@@]1(C(=O)NS(=O)(=O)C1CC1)N1C[C@H](Oc2ncc(OC)c3ccc(Cl)cc23)C[C@H]1C(=O)NC(=O)[C@H](Nc1ccc(S(=O)(=O)N(C)C)cc1)C(C)(C)C. The molecule has 0 unspecified atom stereocenters. The predicted molar refractivity (Wildman–Crippen MR) is 211 cm³/mol. The number of ether oxygens (including phenoxy) is 2. The average molecular weight is 831 g/mol. The number of likely N-dealkylation sites (tertiary alicyclic amines) is 1. The molecule has 2 heterocycles. The Morgan fingerprint density at radius 3 is 2.32 bits per heavy atom. The predicted octanol–water partition coefficient (Wildman–Crippen LogP) is 3.69. The number of rotatable bonds is 14. The maximum absolute atomic E-state index is 14.3. The standard InChI is InChI=1S/C38H47ClN6O9S2/c1-8-22-19-38(22,36(48)43-55(49,50)26-14-15-26)45-21-25(54-35-29-17-23(39)9-16-28(29)31(53-7)20-40-35)18-30(45)33(46)42-34(47)32(37(2,3)4)41-24-10-12-27(13-11-24)56(51,52)44(5)6/h8-13,16-17,20,22,25-26,30,32,41H,1,14-15,18-19,21H2,2-7H3,(H,43,48)(H,42,46,47)/t22-,25-,30+,32+,38-/m1/s1. The summed E-state index contributed by atoms with van der Waals surface area (Å²) < 4.78 is 66.5. The van der Waals surface area contributed by atoms with Gasteiger partial charge in [-0.2, -0.15) is 0 Å². The molecule has 2 saturated carbocycles. The molecule has 1 saturated heterocycles. The fourth-order valence-electron chi connectivity index (χ4n) is 7.16. The summed E-state index contributed by atoms with van der Waals surface area (Å²) in [5.41, 5.74) is -1.76. The van der Waals surface area contributed by atoms with Crippen LogP contribution in [-0.2, 0) is 34.4 Å². The second-order valence-electron chi connectivity index (χ2n) is 15.7. The fraction of sp³-hybridized carbons (Fsp3) is 0.474. The number of aromatic nitrogens is 1. The molecule has 0 radical (unpaired) electrons. The summed E-state index contributed by atoms with van der Waals surface area (Å²) in [6.07, 6.45) is 3.42. The van der Waals surface area contributed by atoms with Gasteiger partial charge in [-0.05, 0) is 67.1 Å². The average Bonchev–Trinajstić information content (AvgIpc) is 4.07. The molecule has 0 spiro atoms. The molecule has 0 bridgehead atoms. The number of hydrogen-bond acceptors (Lipinski definition) is 12. The first-order chi connectivity index (χ1) is 26.2. The van der Waals surface area contributed by atoms with Gasteiger partial charge in [0, 0.05) is 54.5 Å². The van der Waals surface area contributed by atoms with Crippen LogP contribution in [0.5, 0.6) is 11.6 Å². The molecular formula is C38H47ClN6O9S2. The van der Waals surface area contributed by atoms with E-state index in [2.05, 4.69) is 26.9 Å². The molecule has 18 heteroatoms. The smallest absolute Gasteiger partial charge is 0.254 e. The fourth-order valence-corrected chi connectivity index (χ4v) is 9.59. The summed E-state index contributed by atoms with van der Waals surface area (Å²) in [5.74, 6) is -1.95. The lowest BCUT2D eigenvalue weighted by molar-refractivity contribution is -0.136. The largest absolute Gasteiger partial charge is 0.494 e. The minimum absolute atomic E-state index is 0.00639. The van der Waals surface area contributed by atoms with Crippen molar-refractivity contribution in [1.82, 2.24) is 24.2 Å². The highest BCUT2D eigenvalue weighted by Crippen LogP contribution is 2.53. The maximum atomic E-state index is 14.3. The van der Waals surface area contributed by atoms with Crippen molar-refractivity contribution in [2.45, 2.75) is 80.3 Å². The van der Waals surface area contributed by atoms with E-state index >= 15 is 0 Å². The first kappa shape index (κ1) is 41.3. The topological polar surface area (TPSA) is 193 Å². The second kappa shape index (κ2) is 15.2. The van der Waals surface area contributed by atoms with Gasteiger partial charge in [-0.15, -0.1) is 6.58 Å². The van der Waals surface area contributed by atoms with Crippen molar-refractivity contribution in [3.05, 3.63) is 66.3 Å². The molecular weight excluding hydrogens is 784 g/mol. The van der Waals surface area contributed by atoms with E-state index in [1.54, 1.807) is 29.2 Å². The van der Waals surface area contributed by atoms with E-state index in [4.69, 9.17) is 21.1 Å². The Hall–Kier alpha value is -4.29. The lowest BCUT2D eigenvalue weighted by atomic mass is 9.85. The van der Waals surface area contributed by atoms with E-state index in [0.717, 1.165) is 4.31 Å². The minimum Gasteiger partial charge on any atom is -0.494 e. The number of nitrogens with zero attached hydrogens (tertiary/aromatic N) is 3. The highest BCUT2D eigenvalue weighted by atomic mass is 35.5. The maximum Gasteiger partial charge on any atom is 0.254 e. The molecule has 3 fully saturated rings. The summed E-state index contributed by atoms with van der Waals surface area (Å²) in [5, 5.41) is 6.69. The number of pyridine rings is 1. The Balaban J connectivity index is 1.30. The molecule has 302 valence electrons. The van der Waals surface area contributed by atoms with Crippen LogP contribution in [0.2, 0.25) is 5.02 Å². The zero-order chi connectivity index (χ0) is 41.0. The van der Waals surface area contributed by atoms with Crippen LogP contribution in [0.4, 0.5) is 5.69 Å². The van der Waals surface area contributed by atoms with E-state index in [0.29, 0.717) is 40.1 Å². The van der Waals surface area contributed by atoms with Gasteiger partial charge < -0.3 is 14.8 Å². The number of nitrogens with one attached hydrogen (secondary N) is 3. The van der Waals surface area contributed by atoms with Gasteiger partial charge >= 0.3 is 0 Å². The van der Waals surface area contributed by atoms with Crippen LogP contribution in [-0.4, -0.2) is 105 Å². The van der Waals surface area contributed by atoms with Crippen LogP contribution in [0.3, 0.4) is 0 Å². The first-order valence-electron chi connectivity index (χ1n) is 18.1. The molecule has 2 aliphatic carbocycles. The molecule has 1 aliphatic heterocycles. The Labute approximate surface area is 332 Å². The molecule has 15 nitrogen and oxygen atoms in total. The molecule has 56 heavy (non-hydrogen) atoms. The van der Waals surface area contributed by atoms with E-state index in [1.165, 1.54) is 51.7 Å². The van der Waals surface area contributed by atoms with Gasteiger partial charge in [0.25, 0.3) is 5.91 Å². The zero-order valence-electron chi connectivity index (χ0n) is 32.0. The van der Waals surface area contributed by atoms with Crippen LogP contribution in [0.1, 0.15) is 46.5 Å². The Bertz CT molecular complexity index is 2280. The van der Waals surface area contributed by atoms with Crippen LogP contribution in [0.25, 0.3) is 10.8 Å². The summed E-state index contributed by atoms with van der Waals surface area (Å²) in [7, 11) is -3.26. The molecule has 5 atom stereocenters. The van der Waals surface area contributed by atoms with Gasteiger partial charge in [0.1, 0.15) is 23.4 Å². The first-order valence-corrected chi connectivity index (χ1v) is 21.5. The lowest BCUT2D eigenvalue weighted by Crippen LogP contribution is -2.59. The molecule has 3 amide bonds. The number of halogens is 1. The molecule has 1 aromatic heterocycles. The normalized spacial score (nSPS) is 23.3. The Morgan fingerprint density at radius 2 is 1.75 bits per heavy atom. The van der Waals surface area contributed by atoms with Crippen molar-refractivity contribution < 1.29 is 40.7 Å². The summed E-state index contributed by atoms with van der Waals surface area (Å²) in [4.78, 5) is 48.6. The van der Waals surface area contributed by atoms with Crippen LogP contribution in [0.15, 0.2) is 66.2 Å². The van der Waals surface area contributed by atoms with Crippen LogP contribution in [0, 0.1) is 11.3 Å². The number of hydrogen-bond donors (Lipinski definition) is 3. The molecule has 2 aromatic carbocycles. The molecule has 3 N–H and O–H groups in total. The third kappa shape index (κ3) is 8.09. The van der Waals surface area contributed by atoms with Crippen molar-refractivity contribution in [1.29, 1.82) is 0 Å². The van der Waals surface area contributed by atoms with Crippen molar-refractivity contribution in [2.75, 3.05) is 33.1 Å². The van der Waals surface area contributed by atoms with Crippen molar-refractivity contribution in [3.8, 4) is 11.6 Å². The summed E-state index contributed by atoms with van der Waals surface area (Å²) in [6.45, 7) is 9.31. The third-order valence-corrected chi connectivity index (χ3v) is 14.4. The summed E-state index contributed by atoms with van der Waals surface area (Å²) in [6, 6.07) is 8.97. The van der Waals surface area contributed by atoms with Crippen molar-refractivity contribution in [2.24, 2.45) is 11.3 Å². The number of methoxy groups -OCH3 is 1. The lowest BCUT2D eigenvalue weighted by Gasteiger charge is -2.34. The van der Waals surface area contributed by atoms with Gasteiger partial charge in [0.05, 0.1) is 29.5 Å². The molecule has 6 rings (SSSR count). The quantitative estimate of drug-likeness (QED) is 0.200. The van der Waals surface area contributed by atoms with E-state index in [-0.39, 0.29) is 30.2 Å². The van der Waals surface area contributed by atoms with Gasteiger partial charge in [-0.25, -0.2) is 26.1 Å². The number of benzene rings is 2. The van der Waals surface area contributed by atoms with Crippen LogP contribution >= 0.6 is 11.6 Å². The van der Waals surface area contributed by atoms with Gasteiger partial charge in [0.15, 0.2) is 0 Å². The highest BCUT2D eigenvalue weighted by molar-refractivity contribution is 7.91. The highest BCUT2D eigenvalue weighted by Gasteiger charge is 2.67. The third-order valence-electron chi connectivity index (χ3n) is 10.5. The van der Waals surface area contributed by atoms with E-state index < -0.39 is 78.1 Å². The number of carbonyl (C=O) groups is 3. The van der Waals surface area contributed by atoms with E-state index in [9.17, 15) is 31.2 Å². The van der Waals surface area contributed by atoms with Gasteiger partial charge in [-0.3, -0.25) is 29.3 Å². The van der Waals surface area contributed by atoms with E-state index in [1.807, 2.05) is 20.8 Å². The van der Waals surface area contributed by atoms with Crippen molar-refractivity contribution >= 4 is 65.8 Å². The minimum atomic E-state index is -3.94.